The Hall–Kier alpha value is -2.67. The van der Waals surface area contributed by atoms with E-state index < -0.39 is 17.5 Å². The van der Waals surface area contributed by atoms with Crippen LogP contribution in [0.2, 0.25) is 0 Å². The van der Waals surface area contributed by atoms with Gasteiger partial charge in [-0.15, -0.1) is 0 Å². The molecule has 0 radical (unpaired) electrons. The van der Waals surface area contributed by atoms with Gasteiger partial charge in [-0.3, -0.25) is 0 Å². The Balaban J connectivity index is 1.68. The van der Waals surface area contributed by atoms with Crippen molar-refractivity contribution in [2.24, 2.45) is 0 Å². The lowest BCUT2D eigenvalue weighted by Crippen LogP contribution is -2.18. The van der Waals surface area contributed by atoms with Gasteiger partial charge in [-0.05, 0) is 42.3 Å². The number of hydrogen-bond acceptors (Lipinski definition) is 3. The van der Waals surface area contributed by atoms with Crippen molar-refractivity contribution in [3.63, 3.8) is 0 Å². The first kappa shape index (κ1) is 16.2. The van der Waals surface area contributed by atoms with Crippen LogP contribution in [-0.4, -0.2) is 14.8 Å². The van der Waals surface area contributed by atoms with Gasteiger partial charge in [0.25, 0.3) is 0 Å². The molecule has 7 heteroatoms. The molecule has 24 heavy (non-hydrogen) atoms. The van der Waals surface area contributed by atoms with Gasteiger partial charge in [-0.2, -0.15) is 5.10 Å². The molecule has 0 aliphatic carbocycles. The Morgan fingerprint density at radius 1 is 1.04 bits per heavy atom. The van der Waals surface area contributed by atoms with Crippen molar-refractivity contribution in [1.82, 2.24) is 20.1 Å². The summed E-state index contributed by atoms with van der Waals surface area (Å²) in [4.78, 5) is 3.78. The third-order valence-electron chi connectivity index (χ3n) is 3.73. The predicted octanol–water partition coefficient (Wildman–Crippen LogP) is 3.54. The Kier molecular flexibility index (Phi) is 4.61. The minimum absolute atomic E-state index is 0.210. The summed E-state index contributed by atoms with van der Waals surface area (Å²) in [6.45, 7) is 2.21. The summed E-state index contributed by atoms with van der Waals surface area (Å²) in [5.41, 5.74) is 1.66. The topological polar surface area (TPSA) is 42.7 Å². The molecule has 0 saturated carbocycles. The fourth-order valence-corrected chi connectivity index (χ4v) is 2.35. The standard InChI is InChI=1S/C17H15F3N4/c1-11(13-3-4-14(18)15(19)7-13)22-8-12-2-5-17(16(20)6-12)24-10-21-9-23-24/h2-7,9-11,22H,8H2,1H3/t11-/m1/s1. The summed E-state index contributed by atoms with van der Waals surface area (Å²) >= 11 is 0. The van der Waals surface area contributed by atoms with E-state index in [1.54, 1.807) is 12.1 Å². The van der Waals surface area contributed by atoms with E-state index in [9.17, 15) is 13.2 Å². The van der Waals surface area contributed by atoms with E-state index in [1.165, 1.54) is 29.5 Å². The molecule has 1 atom stereocenters. The van der Waals surface area contributed by atoms with Crippen molar-refractivity contribution in [3.05, 3.63) is 77.6 Å². The Morgan fingerprint density at radius 2 is 1.88 bits per heavy atom. The number of halogens is 3. The highest BCUT2D eigenvalue weighted by Gasteiger charge is 2.10. The maximum atomic E-state index is 14.2. The first-order valence-corrected chi connectivity index (χ1v) is 7.36. The first-order valence-electron chi connectivity index (χ1n) is 7.36. The molecule has 1 N–H and O–H groups in total. The monoisotopic (exact) mass is 332 g/mol. The molecule has 3 aromatic rings. The normalized spacial score (nSPS) is 12.3. The summed E-state index contributed by atoms with van der Waals surface area (Å²) < 4.78 is 41.7. The molecule has 0 spiro atoms. The van der Waals surface area contributed by atoms with E-state index in [1.807, 2.05) is 6.92 Å². The molecule has 0 amide bonds. The lowest BCUT2D eigenvalue weighted by atomic mass is 10.1. The highest BCUT2D eigenvalue weighted by atomic mass is 19.2. The molecular weight excluding hydrogens is 317 g/mol. The molecule has 0 aliphatic rings. The van der Waals surface area contributed by atoms with E-state index in [0.29, 0.717) is 17.8 Å². The number of nitrogens with zero attached hydrogens (tertiary/aromatic N) is 3. The van der Waals surface area contributed by atoms with Crippen LogP contribution in [0.4, 0.5) is 13.2 Å². The van der Waals surface area contributed by atoms with Crippen LogP contribution >= 0.6 is 0 Å². The van der Waals surface area contributed by atoms with Crippen molar-refractivity contribution in [2.45, 2.75) is 19.5 Å². The Morgan fingerprint density at radius 3 is 2.54 bits per heavy atom. The third-order valence-corrected chi connectivity index (χ3v) is 3.73. The second kappa shape index (κ2) is 6.84. The summed E-state index contributed by atoms with van der Waals surface area (Å²) in [5, 5.41) is 7.04. The third kappa shape index (κ3) is 3.46. The fraction of sp³-hybridized carbons (Fsp3) is 0.176. The van der Waals surface area contributed by atoms with Crippen LogP contribution in [-0.2, 0) is 6.54 Å². The summed E-state index contributed by atoms with van der Waals surface area (Å²) in [5.74, 6) is -2.18. The second-order valence-electron chi connectivity index (χ2n) is 5.40. The van der Waals surface area contributed by atoms with Crippen molar-refractivity contribution < 1.29 is 13.2 Å². The van der Waals surface area contributed by atoms with E-state index in [2.05, 4.69) is 15.4 Å². The lowest BCUT2D eigenvalue weighted by molar-refractivity contribution is 0.500. The van der Waals surface area contributed by atoms with E-state index in [4.69, 9.17) is 0 Å². The maximum absolute atomic E-state index is 14.2. The quantitative estimate of drug-likeness (QED) is 0.777. The molecule has 1 heterocycles. The predicted molar refractivity (Wildman–Crippen MR) is 82.9 cm³/mol. The molecule has 124 valence electrons. The van der Waals surface area contributed by atoms with Gasteiger partial charge in [0.15, 0.2) is 11.6 Å². The molecule has 0 aliphatic heterocycles. The van der Waals surface area contributed by atoms with E-state index in [-0.39, 0.29) is 6.04 Å². The molecule has 0 unspecified atom stereocenters. The van der Waals surface area contributed by atoms with Gasteiger partial charge in [-0.25, -0.2) is 22.8 Å². The van der Waals surface area contributed by atoms with Gasteiger partial charge >= 0.3 is 0 Å². The van der Waals surface area contributed by atoms with Crippen molar-refractivity contribution in [3.8, 4) is 5.69 Å². The van der Waals surface area contributed by atoms with Gasteiger partial charge in [0, 0.05) is 12.6 Å². The SMILES string of the molecule is C[C@@H](NCc1ccc(-n2cncn2)c(F)c1)c1ccc(F)c(F)c1. The molecule has 0 saturated heterocycles. The zero-order valence-corrected chi connectivity index (χ0v) is 12.9. The number of rotatable bonds is 5. The van der Waals surface area contributed by atoms with Crippen LogP contribution in [0.15, 0.2) is 49.1 Å². The van der Waals surface area contributed by atoms with E-state index >= 15 is 0 Å². The number of hydrogen-bond donors (Lipinski definition) is 1. The van der Waals surface area contributed by atoms with Crippen LogP contribution < -0.4 is 5.32 Å². The molecule has 4 nitrogen and oxygen atoms in total. The fourth-order valence-electron chi connectivity index (χ4n) is 2.35. The van der Waals surface area contributed by atoms with Crippen LogP contribution in [0.25, 0.3) is 5.69 Å². The highest BCUT2D eigenvalue weighted by Crippen LogP contribution is 2.18. The number of aromatic nitrogens is 3. The average molecular weight is 332 g/mol. The smallest absolute Gasteiger partial charge is 0.159 e. The van der Waals surface area contributed by atoms with Crippen molar-refractivity contribution in [2.75, 3.05) is 0 Å². The largest absolute Gasteiger partial charge is 0.306 e. The van der Waals surface area contributed by atoms with Gasteiger partial charge < -0.3 is 5.32 Å². The number of nitrogens with one attached hydrogen (secondary N) is 1. The molecule has 0 bridgehead atoms. The van der Waals surface area contributed by atoms with Crippen LogP contribution in [0.3, 0.4) is 0 Å². The second-order valence-corrected chi connectivity index (χ2v) is 5.40. The molecule has 1 aromatic heterocycles. The zero-order chi connectivity index (χ0) is 17.1. The summed E-state index contributed by atoms with van der Waals surface area (Å²) in [7, 11) is 0. The summed E-state index contributed by atoms with van der Waals surface area (Å²) in [6.07, 6.45) is 2.75. The van der Waals surface area contributed by atoms with Crippen LogP contribution in [0, 0.1) is 17.5 Å². The molecule has 2 aromatic carbocycles. The average Bonchev–Trinajstić information content (AvgIpc) is 3.09. The van der Waals surface area contributed by atoms with Crippen LogP contribution in [0.5, 0.6) is 0 Å². The number of benzene rings is 2. The van der Waals surface area contributed by atoms with Gasteiger partial charge in [0.2, 0.25) is 0 Å². The first-order chi connectivity index (χ1) is 11.5. The van der Waals surface area contributed by atoms with Crippen molar-refractivity contribution in [1.29, 1.82) is 0 Å². The molecular formula is C17H15F3N4. The van der Waals surface area contributed by atoms with E-state index in [0.717, 1.165) is 17.7 Å². The zero-order valence-electron chi connectivity index (χ0n) is 12.9. The van der Waals surface area contributed by atoms with Crippen molar-refractivity contribution >= 4 is 0 Å². The molecule has 0 fully saturated rings. The van der Waals surface area contributed by atoms with Gasteiger partial charge in [0.05, 0.1) is 0 Å². The Bertz CT molecular complexity index is 834. The Labute approximate surface area is 137 Å². The summed E-state index contributed by atoms with van der Waals surface area (Å²) in [6, 6.07) is 8.34. The van der Waals surface area contributed by atoms with Gasteiger partial charge in [0.1, 0.15) is 24.2 Å². The minimum Gasteiger partial charge on any atom is -0.306 e. The highest BCUT2D eigenvalue weighted by molar-refractivity contribution is 5.35. The maximum Gasteiger partial charge on any atom is 0.159 e. The molecule has 3 rings (SSSR count). The minimum atomic E-state index is -0.885. The van der Waals surface area contributed by atoms with Crippen LogP contribution in [0.1, 0.15) is 24.1 Å². The van der Waals surface area contributed by atoms with Gasteiger partial charge in [-0.1, -0.05) is 12.1 Å². The lowest BCUT2D eigenvalue weighted by Gasteiger charge is -2.15.